The molecular formula is C17H21N3O2. The van der Waals surface area contributed by atoms with Crippen molar-refractivity contribution in [2.45, 2.75) is 46.0 Å². The molecule has 3 rings (SSSR count). The van der Waals surface area contributed by atoms with Gasteiger partial charge in [0.25, 0.3) is 5.56 Å². The number of fused-ring (bicyclic) bond motifs is 1. The molecule has 0 bridgehead atoms. The molecule has 0 saturated heterocycles. The average molecular weight is 299 g/mol. The van der Waals surface area contributed by atoms with Gasteiger partial charge in [-0.15, -0.1) is 0 Å². The lowest BCUT2D eigenvalue weighted by atomic mass is 9.88. The number of hydrogen-bond donors (Lipinski definition) is 1. The highest BCUT2D eigenvalue weighted by atomic mass is 16.2. The van der Waals surface area contributed by atoms with E-state index in [4.69, 9.17) is 0 Å². The lowest BCUT2D eigenvalue weighted by Gasteiger charge is -2.21. The highest BCUT2D eigenvalue weighted by Crippen LogP contribution is 2.25. The van der Waals surface area contributed by atoms with E-state index in [1.54, 1.807) is 13.1 Å². The summed E-state index contributed by atoms with van der Waals surface area (Å²) in [5.41, 5.74) is 2.24. The zero-order valence-electron chi connectivity index (χ0n) is 13.1. The minimum absolute atomic E-state index is 0.0192. The normalized spacial score (nSPS) is 15.9. The van der Waals surface area contributed by atoms with Crippen molar-refractivity contribution in [1.82, 2.24) is 9.38 Å². The molecule has 0 atom stereocenters. The smallest absolute Gasteiger partial charge is 0.281 e. The molecule has 22 heavy (non-hydrogen) atoms. The maximum atomic E-state index is 12.6. The fourth-order valence-electron chi connectivity index (χ4n) is 3.14. The number of pyridine rings is 1. The predicted molar refractivity (Wildman–Crippen MR) is 86.1 cm³/mol. The van der Waals surface area contributed by atoms with Gasteiger partial charge in [0.1, 0.15) is 11.3 Å². The van der Waals surface area contributed by atoms with Gasteiger partial charge in [0.2, 0.25) is 5.91 Å². The zero-order valence-corrected chi connectivity index (χ0v) is 13.1. The fourth-order valence-corrected chi connectivity index (χ4v) is 3.14. The predicted octanol–water partition coefficient (Wildman–Crippen LogP) is 2.83. The third-order valence-corrected chi connectivity index (χ3v) is 4.45. The Balaban J connectivity index is 1.97. The average Bonchev–Trinajstić information content (AvgIpc) is 2.53. The van der Waals surface area contributed by atoms with Crippen molar-refractivity contribution in [3.63, 3.8) is 0 Å². The Hall–Kier alpha value is -2.17. The van der Waals surface area contributed by atoms with Crippen molar-refractivity contribution in [3.05, 3.63) is 39.9 Å². The van der Waals surface area contributed by atoms with E-state index >= 15 is 0 Å². The van der Waals surface area contributed by atoms with Crippen LogP contribution in [0.1, 0.15) is 43.4 Å². The topological polar surface area (TPSA) is 63.5 Å². The van der Waals surface area contributed by atoms with Gasteiger partial charge in [-0.25, -0.2) is 4.98 Å². The molecule has 2 aromatic rings. The number of aryl methyl sites for hydroxylation is 2. The van der Waals surface area contributed by atoms with E-state index in [1.165, 1.54) is 10.8 Å². The van der Waals surface area contributed by atoms with Crippen molar-refractivity contribution >= 4 is 17.2 Å². The second-order valence-electron chi connectivity index (χ2n) is 6.09. The summed E-state index contributed by atoms with van der Waals surface area (Å²) in [6, 6.07) is 3.73. The summed E-state index contributed by atoms with van der Waals surface area (Å²) in [5.74, 6) is -0.0277. The highest BCUT2D eigenvalue weighted by Gasteiger charge is 2.23. The Morgan fingerprint density at radius 3 is 2.73 bits per heavy atom. The molecule has 1 amide bonds. The summed E-state index contributed by atoms with van der Waals surface area (Å²) < 4.78 is 1.50. The molecule has 0 aliphatic heterocycles. The van der Waals surface area contributed by atoms with Gasteiger partial charge in [-0.05, 0) is 38.3 Å². The molecule has 1 aliphatic rings. The van der Waals surface area contributed by atoms with Crippen LogP contribution in [0.3, 0.4) is 0 Å². The van der Waals surface area contributed by atoms with Crippen LogP contribution in [-0.2, 0) is 4.79 Å². The molecule has 0 radical (unpaired) electrons. The van der Waals surface area contributed by atoms with Crippen molar-refractivity contribution in [3.8, 4) is 0 Å². The number of carbonyl (C=O) groups excluding carboxylic acids is 1. The van der Waals surface area contributed by atoms with Crippen LogP contribution in [0.15, 0.2) is 23.1 Å². The van der Waals surface area contributed by atoms with E-state index in [1.807, 2.05) is 19.1 Å². The van der Waals surface area contributed by atoms with Crippen LogP contribution in [0, 0.1) is 19.8 Å². The van der Waals surface area contributed by atoms with E-state index in [0.717, 1.165) is 31.2 Å². The van der Waals surface area contributed by atoms with Gasteiger partial charge in [0, 0.05) is 12.1 Å². The van der Waals surface area contributed by atoms with E-state index in [9.17, 15) is 9.59 Å². The van der Waals surface area contributed by atoms with E-state index < -0.39 is 0 Å². The summed E-state index contributed by atoms with van der Waals surface area (Å²) in [4.78, 5) is 29.5. The molecule has 116 valence electrons. The lowest BCUT2D eigenvalue weighted by molar-refractivity contribution is -0.120. The third-order valence-electron chi connectivity index (χ3n) is 4.45. The summed E-state index contributed by atoms with van der Waals surface area (Å²) in [6.07, 6.45) is 6.88. The fraction of sp³-hybridized carbons (Fsp3) is 0.471. The van der Waals surface area contributed by atoms with E-state index in [-0.39, 0.29) is 17.4 Å². The molecule has 2 heterocycles. The first-order chi connectivity index (χ1) is 10.6. The minimum atomic E-state index is -0.213. The minimum Gasteiger partial charge on any atom is -0.320 e. The maximum Gasteiger partial charge on any atom is 0.281 e. The van der Waals surface area contributed by atoms with Gasteiger partial charge in [0.05, 0.1) is 5.69 Å². The van der Waals surface area contributed by atoms with Crippen molar-refractivity contribution < 1.29 is 4.79 Å². The van der Waals surface area contributed by atoms with Crippen molar-refractivity contribution in [2.24, 2.45) is 5.92 Å². The number of nitrogens with one attached hydrogen (secondary N) is 1. The highest BCUT2D eigenvalue weighted by molar-refractivity contribution is 5.93. The summed E-state index contributed by atoms with van der Waals surface area (Å²) >= 11 is 0. The van der Waals surface area contributed by atoms with Crippen LogP contribution in [0.2, 0.25) is 0 Å². The first-order valence-electron chi connectivity index (χ1n) is 7.87. The monoisotopic (exact) mass is 299 g/mol. The number of rotatable bonds is 2. The Morgan fingerprint density at radius 2 is 2.00 bits per heavy atom. The van der Waals surface area contributed by atoms with Crippen molar-refractivity contribution in [1.29, 1.82) is 0 Å². The van der Waals surface area contributed by atoms with E-state index in [2.05, 4.69) is 10.3 Å². The second-order valence-corrected chi connectivity index (χ2v) is 6.09. The first-order valence-corrected chi connectivity index (χ1v) is 7.87. The number of nitrogens with zero attached hydrogens (tertiary/aromatic N) is 2. The van der Waals surface area contributed by atoms with Crippen LogP contribution in [0.25, 0.3) is 5.65 Å². The van der Waals surface area contributed by atoms with Gasteiger partial charge in [0.15, 0.2) is 0 Å². The molecule has 0 aromatic carbocycles. The number of carbonyl (C=O) groups is 1. The van der Waals surface area contributed by atoms with Crippen LogP contribution < -0.4 is 10.9 Å². The Labute approximate surface area is 129 Å². The summed E-state index contributed by atoms with van der Waals surface area (Å²) in [6.45, 7) is 3.69. The van der Waals surface area contributed by atoms with Gasteiger partial charge in [-0.2, -0.15) is 0 Å². The molecule has 5 nitrogen and oxygen atoms in total. The van der Waals surface area contributed by atoms with Crippen LogP contribution >= 0.6 is 0 Å². The molecule has 1 saturated carbocycles. The van der Waals surface area contributed by atoms with Gasteiger partial charge < -0.3 is 5.32 Å². The van der Waals surface area contributed by atoms with Crippen LogP contribution in [0.5, 0.6) is 0 Å². The number of hydrogen-bond acceptors (Lipinski definition) is 3. The van der Waals surface area contributed by atoms with Crippen LogP contribution in [0.4, 0.5) is 5.69 Å². The Morgan fingerprint density at radius 1 is 1.27 bits per heavy atom. The van der Waals surface area contributed by atoms with Gasteiger partial charge in [-0.1, -0.05) is 25.3 Å². The quantitative estimate of drug-likeness (QED) is 0.927. The lowest BCUT2D eigenvalue weighted by Crippen LogP contribution is -2.30. The number of aromatic nitrogens is 2. The summed E-state index contributed by atoms with van der Waals surface area (Å²) in [7, 11) is 0. The Kier molecular flexibility index (Phi) is 3.96. The molecular weight excluding hydrogens is 278 g/mol. The third kappa shape index (κ3) is 2.63. The van der Waals surface area contributed by atoms with Gasteiger partial charge >= 0.3 is 0 Å². The molecule has 2 aromatic heterocycles. The second kappa shape index (κ2) is 5.91. The molecule has 1 aliphatic carbocycles. The van der Waals surface area contributed by atoms with E-state index in [0.29, 0.717) is 17.0 Å². The zero-order chi connectivity index (χ0) is 15.7. The number of anilines is 1. The molecule has 1 fully saturated rings. The molecule has 5 heteroatoms. The molecule has 0 unspecified atom stereocenters. The SMILES string of the molecule is Cc1nc2c(C)cccn2c(=O)c1NC(=O)C1CCCCC1. The van der Waals surface area contributed by atoms with Gasteiger partial charge in [-0.3, -0.25) is 14.0 Å². The van der Waals surface area contributed by atoms with Crippen molar-refractivity contribution in [2.75, 3.05) is 5.32 Å². The maximum absolute atomic E-state index is 12.6. The number of amides is 1. The summed E-state index contributed by atoms with van der Waals surface area (Å²) in [5, 5.41) is 2.83. The van der Waals surface area contributed by atoms with Crippen LogP contribution in [-0.4, -0.2) is 15.3 Å². The standard InChI is InChI=1S/C17H21N3O2/c1-11-7-6-10-20-15(11)18-12(2)14(17(20)22)19-16(21)13-8-4-3-5-9-13/h6-7,10,13H,3-5,8-9H2,1-2H3,(H,19,21). The Bertz CT molecular complexity index is 773. The first kappa shape index (κ1) is 14.8. The largest absolute Gasteiger partial charge is 0.320 e. The molecule has 0 spiro atoms. The molecule has 1 N–H and O–H groups in total.